The maximum absolute atomic E-state index is 5.39. The Labute approximate surface area is 107 Å². The SMILES string of the molecule is NCCSCCOCCOCCSCCN. The first-order valence-corrected chi connectivity index (χ1v) is 7.94. The van der Waals surface area contributed by atoms with Crippen molar-refractivity contribution in [3.8, 4) is 0 Å². The standard InChI is InChI=1S/C10H24N2O2S2/c11-1-7-15-9-5-13-3-4-14-6-10-16-8-2-12/h1-12H2. The molecule has 0 atom stereocenters. The molecule has 0 bridgehead atoms. The van der Waals surface area contributed by atoms with Crippen LogP contribution >= 0.6 is 23.5 Å². The van der Waals surface area contributed by atoms with Gasteiger partial charge in [-0.2, -0.15) is 23.5 Å². The van der Waals surface area contributed by atoms with Crippen molar-refractivity contribution in [2.75, 3.05) is 62.5 Å². The fourth-order valence-corrected chi connectivity index (χ4v) is 2.14. The predicted octanol–water partition coefficient (Wildman–Crippen LogP) is 0.403. The van der Waals surface area contributed by atoms with Gasteiger partial charge in [0.15, 0.2) is 0 Å². The highest BCUT2D eigenvalue weighted by molar-refractivity contribution is 7.99. The van der Waals surface area contributed by atoms with Crippen LogP contribution in [0.4, 0.5) is 0 Å². The molecule has 0 saturated carbocycles. The van der Waals surface area contributed by atoms with E-state index >= 15 is 0 Å². The summed E-state index contributed by atoms with van der Waals surface area (Å²) in [5.41, 5.74) is 10.7. The second kappa shape index (κ2) is 15.5. The minimum absolute atomic E-state index is 0.685. The monoisotopic (exact) mass is 268 g/mol. The van der Waals surface area contributed by atoms with Crippen LogP contribution in [0.3, 0.4) is 0 Å². The van der Waals surface area contributed by atoms with Crippen LogP contribution in [0, 0.1) is 0 Å². The van der Waals surface area contributed by atoms with Gasteiger partial charge in [0.1, 0.15) is 0 Å². The Hall–Kier alpha value is 0.540. The molecular weight excluding hydrogens is 244 g/mol. The van der Waals surface area contributed by atoms with E-state index in [-0.39, 0.29) is 0 Å². The summed E-state index contributed by atoms with van der Waals surface area (Å²) in [6.45, 7) is 4.43. The van der Waals surface area contributed by atoms with E-state index in [2.05, 4.69) is 0 Å². The predicted molar refractivity (Wildman–Crippen MR) is 74.4 cm³/mol. The van der Waals surface area contributed by atoms with Gasteiger partial charge in [0, 0.05) is 36.1 Å². The molecule has 4 N–H and O–H groups in total. The Morgan fingerprint density at radius 2 is 1.06 bits per heavy atom. The van der Waals surface area contributed by atoms with Crippen LogP contribution in [0.25, 0.3) is 0 Å². The van der Waals surface area contributed by atoms with Crippen molar-refractivity contribution in [2.45, 2.75) is 0 Å². The lowest BCUT2D eigenvalue weighted by Crippen LogP contribution is -2.10. The maximum Gasteiger partial charge on any atom is 0.0700 e. The summed E-state index contributed by atoms with van der Waals surface area (Å²) in [5.74, 6) is 4.06. The summed E-state index contributed by atoms with van der Waals surface area (Å²) in [5, 5.41) is 0. The molecule has 0 aliphatic carbocycles. The highest BCUT2D eigenvalue weighted by Crippen LogP contribution is 1.98. The second-order valence-corrected chi connectivity index (χ2v) is 5.48. The molecule has 98 valence electrons. The van der Waals surface area contributed by atoms with Gasteiger partial charge in [-0.3, -0.25) is 0 Å². The third-order valence-electron chi connectivity index (χ3n) is 1.64. The molecule has 6 heteroatoms. The van der Waals surface area contributed by atoms with Crippen molar-refractivity contribution in [1.29, 1.82) is 0 Å². The summed E-state index contributed by atoms with van der Waals surface area (Å²) in [6, 6.07) is 0. The molecule has 4 nitrogen and oxygen atoms in total. The summed E-state index contributed by atoms with van der Waals surface area (Å²) in [7, 11) is 0. The van der Waals surface area contributed by atoms with Crippen LogP contribution in [-0.4, -0.2) is 62.5 Å². The van der Waals surface area contributed by atoms with Gasteiger partial charge < -0.3 is 20.9 Å². The molecule has 0 amide bonds. The van der Waals surface area contributed by atoms with Crippen molar-refractivity contribution in [3.05, 3.63) is 0 Å². The number of thioether (sulfide) groups is 2. The lowest BCUT2D eigenvalue weighted by atomic mass is 10.7. The van der Waals surface area contributed by atoms with Crippen LogP contribution in [-0.2, 0) is 9.47 Å². The molecule has 16 heavy (non-hydrogen) atoms. The fraction of sp³-hybridized carbons (Fsp3) is 1.00. The van der Waals surface area contributed by atoms with Gasteiger partial charge in [0.25, 0.3) is 0 Å². The van der Waals surface area contributed by atoms with Gasteiger partial charge in [-0.1, -0.05) is 0 Å². The molecule has 0 unspecified atom stereocenters. The quantitative estimate of drug-likeness (QED) is 0.471. The molecule has 0 aliphatic heterocycles. The van der Waals surface area contributed by atoms with Crippen molar-refractivity contribution in [2.24, 2.45) is 11.5 Å². The zero-order chi connectivity index (χ0) is 11.9. The van der Waals surface area contributed by atoms with Gasteiger partial charge in [-0.15, -0.1) is 0 Å². The summed E-state index contributed by atoms with van der Waals surface area (Å²) in [4.78, 5) is 0. The van der Waals surface area contributed by atoms with Gasteiger partial charge in [0.05, 0.1) is 26.4 Å². The number of rotatable bonds is 13. The van der Waals surface area contributed by atoms with E-state index < -0.39 is 0 Å². The number of ether oxygens (including phenoxy) is 2. The van der Waals surface area contributed by atoms with E-state index in [1.165, 1.54) is 0 Å². The van der Waals surface area contributed by atoms with Gasteiger partial charge in [-0.05, 0) is 0 Å². The number of nitrogens with two attached hydrogens (primary N) is 2. The first kappa shape index (κ1) is 16.5. The van der Waals surface area contributed by atoms with Crippen LogP contribution in [0.5, 0.6) is 0 Å². The molecule has 0 fully saturated rings. The van der Waals surface area contributed by atoms with Gasteiger partial charge in [0.2, 0.25) is 0 Å². The van der Waals surface area contributed by atoms with Crippen molar-refractivity contribution < 1.29 is 9.47 Å². The van der Waals surface area contributed by atoms with Gasteiger partial charge >= 0.3 is 0 Å². The second-order valence-electron chi connectivity index (χ2n) is 3.03. The smallest absolute Gasteiger partial charge is 0.0700 e. The third kappa shape index (κ3) is 14.5. The van der Waals surface area contributed by atoms with E-state index in [4.69, 9.17) is 20.9 Å². The first-order chi connectivity index (χ1) is 7.91. The van der Waals surface area contributed by atoms with E-state index in [0.29, 0.717) is 13.2 Å². The Morgan fingerprint density at radius 1 is 0.625 bits per heavy atom. The number of hydrogen-bond donors (Lipinski definition) is 2. The maximum atomic E-state index is 5.39. The number of hydrogen-bond acceptors (Lipinski definition) is 6. The van der Waals surface area contributed by atoms with Crippen LogP contribution in [0.15, 0.2) is 0 Å². The summed E-state index contributed by atoms with van der Waals surface area (Å²) >= 11 is 3.65. The minimum atomic E-state index is 0.685. The molecule has 0 aromatic rings. The highest BCUT2D eigenvalue weighted by atomic mass is 32.2. The van der Waals surface area contributed by atoms with Crippen LogP contribution in [0.1, 0.15) is 0 Å². The Kier molecular flexibility index (Phi) is 16.1. The molecule has 0 aromatic carbocycles. The molecule has 0 radical (unpaired) electrons. The molecule has 0 heterocycles. The lowest BCUT2D eigenvalue weighted by Gasteiger charge is -2.05. The zero-order valence-corrected chi connectivity index (χ0v) is 11.5. The fourth-order valence-electron chi connectivity index (χ4n) is 0.928. The normalized spacial score (nSPS) is 10.9. The average Bonchev–Trinajstić information content (AvgIpc) is 2.31. The molecule has 0 aliphatic rings. The van der Waals surface area contributed by atoms with Crippen LogP contribution in [0.2, 0.25) is 0 Å². The summed E-state index contributed by atoms with van der Waals surface area (Å²) < 4.78 is 10.8. The Morgan fingerprint density at radius 3 is 1.44 bits per heavy atom. The van der Waals surface area contributed by atoms with Crippen molar-refractivity contribution in [3.63, 3.8) is 0 Å². The zero-order valence-electron chi connectivity index (χ0n) is 9.86. The average molecular weight is 268 g/mol. The Balaban J connectivity index is 2.83. The Bertz CT molecular complexity index is 117. The molecule has 0 spiro atoms. The molecule has 0 aromatic heterocycles. The van der Waals surface area contributed by atoms with Crippen molar-refractivity contribution in [1.82, 2.24) is 0 Å². The first-order valence-electron chi connectivity index (χ1n) is 5.63. The van der Waals surface area contributed by atoms with Crippen molar-refractivity contribution >= 4 is 23.5 Å². The largest absolute Gasteiger partial charge is 0.378 e. The molecular formula is C10H24N2O2S2. The van der Waals surface area contributed by atoms with Crippen LogP contribution < -0.4 is 11.5 Å². The van der Waals surface area contributed by atoms with E-state index in [9.17, 15) is 0 Å². The summed E-state index contributed by atoms with van der Waals surface area (Å²) in [6.07, 6.45) is 0. The van der Waals surface area contributed by atoms with Gasteiger partial charge in [-0.25, -0.2) is 0 Å². The molecule has 0 rings (SSSR count). The third-order valence-corrected chi connectivity index (χ3v) is 3.60. The topological polar surface area (TPSA) is 70.5 Å². The van der Waals surface area contributed by atoms with E-state index in [1.54, 1.807) is 0 Å². The van der Waals surface area contributed by atoms with E-state index in [0.717, 1.165) is 49.3 Å². The minimum Gasteiger partial charge on any atom is -0.378 e. The highest BCUT2D eigenvalue weighted by Gasteiger charge is 1.92. The van der Waals surface area contributed by atoms with E-state index in [1.807, 2.05) is 23.5 Å². The molecule has 0 saturated heterocycles. The lowest BCUT2D eigenvalue weighted by molar-refractivity contribution is 0.0605.